The van der Waals surface area contributed by atoms with Crippen molar-refractivity contribution in [3.05, 3.63) is 40.2 Å². The van der Waals surface area contributed by atoms with Gasteiger partial charge in [-0.1, -0.05) is 0 Å². The number of ether oxygens (including phenoxy) is 2. The standard InChI is InChI=1S/C15H15N3O3/c1-18-15(19)10(6-7-16)8-13(17-18)12-5-4-11(20-2)9-14(12)21-3/h4-5,8-9H,6H2,1-3H3. The summed E-state index contributed by atoms with van der Waals surface area (Å²) in [6, 6.07) is 8.94. The number of hydrogen-bond acceptors (Lipinski definition) is 5. The summed E-state index contributed by atoms with van der Waals surface area (Å²) in [7, 11) is 4.68. The quantitative estimate of drug-likeness (QED) is 0.851. The fourth-order valence-electron chi connectivity index (χ4n) is 2.02. The van der Waals surface area contributed by atoms with Crippen LogP contribution in [0.25, 0.3) is 11.3 Å². The number of nitriles is 1. The molecule has 0 N–H and O–H groups in total. The minimum atomic E-state index is -0.271. The molecule has 2 aromatic rings. The van der Waals surface area contributed by atoms with Crippen molar-refractivity contribution in [1.29, 1.82) is 5.26 Å². The van der Waals surface area contributed by atoms with Gasteiger partial charge in [0.2, 0.25) is 0 Å². The Balaban J connectivity index is 2.62. The number of hydrogen-bond donors (Lipinski definition) is 0. The molecule has 0 bridgehead atoms. The van der Waals surface area contributed by atoms with Gasteiger partial charge in [-0.3, -0.25) is 4.79 Å². The van der Waals surface area contributed by atoms with E-state index in [4.69, 9.17) is 14.7 Å². The number of methoxy groups -OCH3 is 2. The highest BCUT2D eigenvalue weighted by molar-refractivity contribution is 5.68. The molecule has 21 heavy (non-hydrogen) atoms. The van der Waals surface area contributed by atoms with E-state index in [1.165, 1.54) is 4.68 Å². The summed E-state index contributed by atoms with van der Waals surface area (Å²) in [6.07, 6.45) is 0.0423. The number of aromatic nitrogens is 2. The highest BCUT2D eigenvalue weighted by atomic mass is 16.5. The van der Waals surface area contributed by atoms with Crippen molar-refractivity contribution in [2.24, 2.45) is 7.05 Å². The molecule has 0 aliphatic carbocycles. The molecule has 0 fully saturated rings. The van der Waals surface area contributed by atoms with Crippen LogP contribution in [-0.2, 0) is 13.5 Å². The van der Waals surface area contributed by atoms with Crippen LogP contribution in [0.4, 0.5) is 0 Å². The van der Waals surface area contributed by atoms with E-state index in [0.29, 0.717) is 22.8 Å². The first kappa shape index (κ1) is 14.6. The first-order valence-corrected chi connectivity index (χ1v) is 6.27. The molecule has 0 amide bonds. The summed E-state index contributed by atoms with van der Waals surface area (Å²) in [5.74, 6) is 1.25. The summed E-state index contributed by atoms with van der Waals surface area (Å²) in [5.41, 5.74) is 1.44. The lowest BCUT2D eigenvalue weighted by Gasteiger charge is -2.11. The summed E-state index contributed by atoms with van der Waals surface area (Å²) in [4.78, 5) is 11.9. The molecule has 0 atom stereocenters. The Labute approximate surface area is 122 Å². The zero-order valence-corrected chi connectivity index (χ0v) is 12.1. The van der Waals surface area contributed by atoms with Gasteiger partial charge in [0.05, 0.1) is 32.4 Å². The van der Waals surface area contributed by atoms with Crippen LogP contribution in [-0.4, -0.2) is 24.0 Å². The van der Waals surface area contributed by atoms with E-state index in [0.717, 1.165) is 5.56 Å². The van der Waals surface area contributed by atoms with Gasteiger partial charge in [-0.25, -0.2) is 4.68 Å². The second-order valence-electron chi connectivity index (χ2n) is 4.38. The van der Waals surface area contributed by atoms with Gasteiger partial charge in [0.25, 0.3) is 5.56 Å². The van der Waals surface area contributed by atoms with Gasteiger partial charge in [-0.05, 0) is 18.2 Å². The minimum absolute atomic E-state index is 0.0423. The molecule has 0 spiro atoms. The molecule has 6 heteroatoms. The fourth-order valence-corrected chi connectivity index (χ4v) is 2.02. The van der Waals surface area contributed by atoms with Crippen molar-refractivity contribution in [2.45, 2.75) is 6.42 Å². The summed E-state index contributed by atoms with van der Waals surface area (Å²) >= 11 is 0. The maximum Gasteiger partial charge on any atom is 0.270 e. The number of nitrogens with zero attached hydrogens (tertiary/aromatic N) is 3. The third-order valence-electron chi connectivity index (χ3n) is 3.09. The molecule has 0 unspecified atom stereocenters. The Hall–Kier alpha value is -2.81. The Morgan fingerprint density at radius 1 is 1.29 bits per heavy atom. The van der Waals surface area contributed by atoms with Crippen LogP contribution in [0.5, 0.6) is 11.5 Å². The Morgan fingerprint density at radius 3 is 2.67 bits per heavy atom. The second kappa shape index (κ2) is 6.09. The van der Waals surface area contributed by atoms with Crippen LogP contribution >= 0.6 is 0 Å². The van der Waals surface area contributed by atoms with Crippen molar-refractivity contribution < 1.29 is 9.47 Å². The monoisotopic (exact) mass is 285 g/mol. The SMILES string of the molecule is COc1ccc(-c2cc(CC#N)c(=O)n(C)n2)c(OC)c1. The van der Waals surface area contributed by atoms with Gasteiger partial charge in [-0.15, -0.1) is 0 Å². The highest BCUT2D eigenvalue weighted by Gasteiger charge is 2.12. The van der Waals surface area contributed by atoms with E-state index in [1.54, 1.807) is 45.5 Å². The first-order valence-electron chi connectivity index (χ1n) is 6.27. The zero-order chi connectivity index (χ0) is 15.4. The second-order valence-corrected chi connectivity index (χ2v) is 4.38. The predicted molar refractivity (Wildman–Crippen MR) is 77.3 cm³/mol. The van der Waals surface area contributed by atoms with Crippen molar-refractivity contribution >= 4 is 0 Å². The van der Waals surface area contributed by atoms with E-state index in [2.05, 4.69) is 5.10 Å². The average molecular weight is 285 g/mol. The van der Waals surface area contributed by atoms with Gasteiger partial charge in [0, 0.05) is 24.2 Å². The molecule has 1 aromatic carbocycles. The van der Waals surface area contributed by atoms with Crippen LogP contribution in [0.3, 0.4) is 0 Å². The molecule has 6 nitrogen and oxygen atoms in total. The predicted octanol–water partition coefficient (Wildman–Crippen LogP) is 1.53. The molecule has 2 rings (SSSR count). The lowest BCUT2D eigenvalue weighted by atomic mass is 10.1. The zero-order valence-electron chi connectivity index (χ0n) is 12.1. The maximum absolute atomic E-state index is 11.9. The van der Waals surface area contributed by atoms with Gasteiger partial charge in [-0.2, -0.15) is 10.4 Å². The van der Waals surface area contributed by atoms with Gasteiger partial charge < -0.3 is 9.47 Å². The summed E-state index contributed by atoms with van der Waals surface area (Å²) in [6.45, 7) is 0. The molecular weight excluding hydrogens is 270 g/mol. The van der Waals surface area contributed by atoms with Crippen LogP contribution < -0.4 is 15.0 Å². The molecule has 0 aliphatic heterocycles. The lowest BCUT2D eigenvalue weighted by Crippen LogP contribution is -2.23. The van der Waals surface area contributed by atoms with Crippen LogP contribution in [0.15, 0.2) is 29.1 Å². The maximum atomic E-state index is 11.9. The van der Waals surface area contributed by atoms with Gasteiger partial charge in [0.1, 0.15) is 11.5 Å². The van der Waals surface area contributed by atoms with E-state index in [1.807, 2.05) is 6.07 Å². The van der Waals surface area contributed by atoms with E-state index >= 15 is 0 Å². The molecule has 108 valence electrons. The topological polar surface area (TPSA) is 77.1 Å². The van der Waals surface area contributed by atoms with Gasteiger partial charge >= 0.3 is 0 Å². The summed E-state index contributed by atoms with van der Waals surface area (Å²) in [5, 5.41) is 13.0. The van der Waals surface area contributed by atoms with Crippen molar-refractivity contribution in [3.63, 3.8) is 0 Å². The number of aryl methyl sites for hydroxylation is 1. The fraction of sp³-hybridized carbons (Fsp3) is 0.267. The lowest BCUT2D eigenvalue weighted by molar-refractivity contribution is 0.395. The molecule has 0 radical (unpaired) electrons. The van der Waals surface area contributed by atoms with Crippen LogP contribution in [0.2, 0.25) is 0 Å². The third-order valence-corrected chi connectivity index (χ3v) is 3.09. The minimum Gasteiger partial charge on any atom is -0.497 e. The van der Waals surface area contributed by atoms with Crippen molar-refractivity contribution in [2.75, 3.05) is 14.2 Å². The molecule has 1 heterocycles. The van der Waals surface area contributed by atoms with Gasteiger partial charge in [0.15, 0.2) is 0 Å². The van der Waals surface area contributed by atoms with E-state index in [9.17, 15) is 4.79 Å². The molecular formula is C15H15N3O3. The number of rotatable bonds is 4. The normalized spacial score (nSPS) is 10.0. The highest BCUT2D eigenvalue weighted by Crippen LogP contribution is 2.32. The summed E-state index contributed by atoms with van der Waals surface area (Å²) < 4.78 is 11.7. The first-order chi connectivity index (χ1) is 10.1. The van der Waals surface area contributed by atoms with Crippen LogP contribution in [0.1, 0.15) is 5.56 Å². The molecule has 0 saturated heterocycles. The number of benzene rings is 1. The molecule has 0 aliphatic rings. The Bertz CT molecular complexity index is 760. The smallest absolute Gasteiger partial charge is 0.270 e. The Kier molecular flexibility index (Phi) is 4.24. The molecule has 0 saturated carbocycles. The van der Waals surface area contributed by atoms with E-state index < -0.39 is 0 Å². The Morgan fingerprint density at radius 2 is 2.05 bits per heavy atom. The largest absolute Gasteiger partial charge is 0.497 e. The average Bonchev–Trinajstić information content (AvgIpc) is 2.51. The molecule has 1 aromatic heterocycles. The van der Waals surface area contributed by atoms with Crippen molar-refractivity contribution in [1.82, 2.24) is 9.78 Å². The van der Waals surface area contributed by atoms with Crippen LogP contribution in [0, 0.1) is 11.3 Å². The third kappa shape index (κ3) is 2.87. The van der Waals surface area contributed by atoms with E-state index in [-0.39, 0.29) is 12.0 Å². The van der Waals surface area contributed by atoms with Crippen molar-refractivity contribution in [3.8, 4) is 28.8 Å².